The van der Waals surface area contributed by atoms with Gasteiger partial charge in [-0.3, -0.25) is 5.10 Å². The average Bonchev–Trinajstić information content (AvgIpc) is 3.10. The highest BCUT2D eigenvalue weighted by atomic mass is 79.9. The molecule has 1 aliphatic heterocycles. The van der Waals surface area contributed by atoms with Gasteiger partial charge in [0, 0.05) is 47.6 Å². The van der Waals surface area contributed by atoms with Crippen molar-refractivity contribution in [2.45, 2.75) is 19.9 Å². The number of nitrogens with one attached hydrogen (secondary N) is 2. The normalized spacial score (nSPS) is 18.4. The smallest absolute Gasteiger partial charge is 0.0535 e. The lowest BCUT2D eigenvalue weighted by atomic mass is 10.1. The number of hydrogen-bond acceptors (Lipinski definition) is 3. The lowest BCUT2D eigenvalue weighted by molar-refractivity contribution is 0.516. The van der Waals surface area contributed by atoms with E-state index in [1.165, 1.54) is 17.7 Å². The van der Waals surface area contributed by atoms with Crippen LogP contribution in [0.2, 0.25) is 0 Å². The Morgan fingerprint density at radius 3 is 2.90 bits per heavy atom. The molecule has 112 valence electrons. The van der Waals surface area contributed by atoms with Crippen molar-refractivity contribution in [2.75, 3.05) is 24.5 Å². The summed E-state index contributed by atoms with van der Waals surface area (Å²) in [7, 11) is 0. The molecule has 2 aromatic rings. The minimum absolute atomic E-state index is 0.723. The van der Waals surface area contributed by atoms with Crippen molar-refractivity contribution in [3.63, 3.8) is 0 Å². The molecule has 0 bridgehead atoms. The molecular weight excluding hydrogens is 328 g/mol. The molecule has 5 heteroatoms. The summed E-state index contributed by atoms with van der Waals surface area (Å²) in [6.45, 7) is 6.32. The van der Waals surface area contributed by atoms with Gasteiger partial charge in [-0.15, -0.1) is 0 Å². The number of benzene rings is 1. The highest BCUT2D eigenvalue weighted by Crippen LogP contribution is 2.25. The van der Waals surface area contributed by atoms with Crippen LogP contribution >= 0.6 is 15.9 Å². The molecule has 0 saturated carbocycles. The average molecular weight is 349 g/mol. The molecule has 1 aromatic carbocycles. The van der Waals surface area contributed by atoms with E-state index in [1.54, 1.807) is 0 Å². The Hall–Kier alpha value is -1.33. The molecule has 0 unspecified atom stereocenters. The summed E-state index contributed by atoms with van der Waals surface area (Å²) in [5.41, 5.74) is 3.74. The van der Waals surface area contributed by atoms with E-state index in [0.29, 0.717) is 0 Å². The number of hydrogen-bond donors (Lipinski definition) is 2. The summed E-state index contributed by atoms with van der Waals surface area (Å²) in [6, 6.07) is 8.61. The van der Waals surface area contributed by atoms with Gasteiger partial charge in [-0.05, 0) is 43.5 Å². The maximum atomic E-state index is 4.05. The van der Waals surface area contributed by atoms with E-state index >= 15 is 0 Å². The van der Waals surface area contributed by atoms with Crippen molar-refractivity contribution < 1.29 is 0 Å². The summed E-state index contributed by atoms with van der Waals surface area (Å²) in [4.78, 5) is 2.47. The maximum Gasteiger partial charge on any atom is 0.0535 e. The zero-order valence-corrected chi connectivity index (χ0v) is 13.9. The summed E-state index contributed by atoms with van der Waals surface area (Å²) in [6.07, 6.45) is 3.17. The Bertz CT molecular complexity index is 578. The standard InChI is InChI=1S/C16H21BrN4/c1-12-14(10-19-20-12)9-18-8-13-6-7-21(11-13)16-4-2-15(17)3-5-16/h2-5,10,13,18H,6-9,11H2,1H3,(H,19,20)/t13-/m1/s1. The highest BCUT2D eigenvalue weighted by molar-refractivity contribution is 9.10. The van der Waals surface area contributed by atoms with E-state index in [0.717, 1.165) is 42.3 Å². The van der Waals surface area contributed by atoms with Gasteiger partial charge in [0.15, 0.2) is 0 Å². The fourth-order valence-electron chi connectivity index (χ4n) is 2.85. The molecule has 2 heterocycles. The molecule has 0 amide bonds. The van der Waals surface area contributed by atoms with Crippen LogP contribution < -0.4 is 10.2 Å². The fraction of sp³-hybridized carbons (Fsp3) is 0.438. The van der Waals surface area contributed by atoms with Crippen molar-refractivity contribution >= 4 is 21.6 Å². The van der Waals surface area contributed by atoms with Crippen molar-refractivity contribution in [1.82, 2.24) is 15.5 Å². The van der Waals surface area contributed by atoms with Gasteiger partial charge in [0.1, 0.15) is 0 Å². The molecule has 0 aliphatic carbocycles. The molecule has 4 nitrogen and oxygen atoms in total. The van der Waals surface area contributed by atoms with Crippen molar-refractivity contribution in [1.29, 1.82) is 0 Å². The largest absolute Gasteiger partial charge is 0.371 e. The van der Waals surface area contributed by atoms with Crippen LogP contribution in [-0.4, -0.2) is 29.8 Å². The van der Waals surface area contributed by atoms with E-state index < -0.39 is 0 Å². The van der Waals surface area contributed by atoms with Crippen molar-refractivity contribution in [3.8, 4) is 0 Å². The lowest BCUT2D eigenvalue weighted by Crippen LogP contribution is -2.26. The minimum Gasteiger partial charge on any atom is -0.371 e. The number of halogens is 1. The van der Waals surface area contributed by atoms with Gasteiger partial charge >= 0.3 is 0 Å². The number of aryl methyl sites for hydroxylation is 1. The third-order valence-corrected chi connectivity index (χ3v) is 4.69. The maximum absolute atomic E-state index is 4.05. The number of aromatic amines is 1. The SMILES string of the molecule is Cc1[nH]ncc1CNC[C@H]1CCN(c2ccc(Br)cc2)C1. The first-order valence-corrected chi connectivity index (χ1v) is 8.22. The van der Waals surface area contributed by atoms with Crippen molar-refractivity contribution in [2.24, 2.45) is 5.92 Å². The van der Waals surface area contributed by atoms with Crippen molar-refractivity contribution in [3.05, 3.63) is 46.2 Å². The third-order valence-electron chi connectivity index (χ3n) is 4.16. The quantitative estimate of drug-likeness (QED) is 0.872. The number of anilines is 1. The van der Waals surface area contributed by atoms with Crippen LogP contribution in [0, 0.1) is 12.8 Å². The molecule has 1 aromatic heterocycles. The predicted molar refractivity (Wildman–Crippen MR) is 89.5 cm³/mol. The van der Waals surface area contributed by atoms with Crippen LogP contribution in [0.4, 0.5) is 5.69 Å². The Morgan fingerprint density at radius 1 is 1.38 bits per heavy atom. The summed E-state index contributed by atoms with van der Waals surface area (Å²) >= 11 is 3.49. The van der Waals surface area contributed by atoms with Crippen LogP contribution in [-0.2, 0) is 6.54 Å². The Kier molecular flexibility index (Phi) is 4.60. The Labute approximate surface area is 134 Å². The van der Waals surface area contributed by atoms with Gasteiger partial charge in [-0.25, -0.2) is 0 Å². The minimum atomic E-state index is 0.723. The van der Waals surface area contributed by atoms with Gasteiger partial charge < -0.3 is 10.2 Å². The van der Waals surface area contributed by atoms with Gasteiger partial charge in [0.05, 0.1) is 6.20 Å². The first-order chi connectivity index (χ1) is 10.2. The molecule has 21 heavy (non-hydrogen) atoms. The second-order valence-corrected chi connectivity index (χ2v) is 6.64. The number of rotatable bonds is 5. The predicted octanol–water partition coefficient (Wildman–Crippen LogP) is 3.10. The van der Waals surface area contributed by atoms with Gasteiger partial charge in [0.25, 0.3) is 0 Å². The molecule has 1 atom stereocenters. The van der Waals surface area contributed by atoms with Crippen LogP contribution in [0.25, 0.3) is 0 Å². The Morgan fingerprint density at radius 2 is 2.19 bits per heavy atom. The highest BCUT2D eigenvalue weighted by Gasteiger charge is 2.22. The second kappa shape index (κ2) is 6.62. The summed E-state index contributed by atoms with van der Waals surface area (Å²) in [5.74, 6) is 0.723. The Balaban J connectivity index is 1.46. The van der Waals surface area contributed by atoms with Gasteiger partial charge in [0.2, 0.25) is 0 Å². The number of nitrogens with zero attached hydrogens (tertiary/aromatic N) is 2. The summed E-state index contributed by atoms with van der Waals surface area (Å²) < 4.78 is 1.14. The molecule has 1 aliphatic rings. The van der Waals surface area contributed by atoms with Crippen LogP contribution in [0.1, 0.15) is 17.7 Å². The third kappa shape index (κ3) is 3.66. The zero-order valence-electron chi connectivity index (χ0n) is 12.3. The summed E-state index contributed by atoms with van der Waals surface area (Å²) in [5, 5.41) is 10.6. The van der Waals surface area contributed by atoms with Gasteiger partial charge in [-0.1, -0.05) is 15.9 Å². The monoisotopic (exact) mass is 348 g/mol. The number of aromatic nitrogens is 2. The van der Waals surface area contributed by atoms with Crippen LogP contribution in [0.5, 0.6) is 0 Å². The molecule has 0 spiro atoms. The van der Waals surface area contributed by atoms with Crippen LogP contribution in [0.3, 0.4) is 0 Å². The zero-order chi connectivity index (χ0) is 14.7. The van der Waals surface area contributed by atoms with E-state index in [9.17, 15) is 0 Å². The van der Waals surface area contributed by atoms with E-state index in [4.69, 9.17) is 0 Å². The lowest BCUT2D eigenvalue weighted by Gasteiger charge is -2.19. The van der Waals surface area contributed by atoms with E-state index in [-0.39, 0.29) is 0 Å². The molecule has 2 N–H and O–H groups in total. The first kappa shape index (κ1) is 14.6. The second-order valence-electron chi connectivity index (χ2n) is 5.73. The topological polar surface area (TPSA) is 44.0 Å². The number of H-pyrrole nitrogens is 1. The van der Waals surface area contributed by atoms with Gasteiger partial charge in [-0.2, -0.15) is 5.10 Å². The van der Waals surface area contributed by atoms with E-state index in [2.05, 4.69) is 67.5 Å². The fourth-order valence-corrected chi connectivity index (χ4v) is 3.11. The molecule has 3 rings (SSSR count). The molecular formula is C16H21BrN4. The first-order valence-electron chi connectivity index (χ1n) is 7.42. The molecule has 0 radical (unpaired) electrons. The van der Waals surface area contributed by atoms with E-state index in [1.807, 2.05) is 6.20 Å². The molecule has 1 saturated heterocycles. The van der Waals surface area contributed by atoms with Crippen LogP contribution in [0.15, 0.2) is 34.9 Å². The molecule has 1 fully saturated rings.